The first-order valence-corrected chi connectivity index (χ1v) is 15.7. The van der Waals surface area contributed by atoms with Crippen LogP contribution in [0.15, 0.2) is 36.5 Å². The van der Waals surface area contributed by atoms with Gasteiger partial charge in [0.15, 0.2) is 11.6 Å². The monoisotopic (exact) mass is 629 g/mol. The Morgan fingerprint density at radius 1 is 1.07 bits per heavy atom. The van der Waals surface area contributed by atoms with Gasteiger partial charge < -0.3 is 24.6 Å². The van der Waals surface area contributed by atoms with Crippen LogP contribution in [-0.4, -0.2) is 84.0 Å². The number of morpholine rings is 1. The summed E-state index contributed by atoms with van der Waals surface area (Å²) in [6.07, 6.45) is 3.95. The van der Waals surface area contributed by atoms with Crippen molar-refractivity contribution in [2.75, 3.05) is 53.0 Å². The number of benzene rings is 2. The van der Waals surface area contributed by atoms with Gasteiger partial charge in [-0.3, -0.25) is 14.7 Å². The van der Waals surface area contributed by atoms with E-state index in [2.05, 4.69) is 14.8 Å². The van der Waals surface area contributed by atoms with Gasteiger partial charge in [0, 0.05) is 37.3 Å². The highest BCUT2D eigenvalue weighted by Gasteiger charge is 2.37. The molecule has 8 nitrogen and oxygen atoms in total. The van der Waals surface area contributed by atoms with Crippen molar-refractivity contribution < 1.29 is 37.7 Å². The summed E-state index contributed by atoms with van der Waals surface area (Å²) in [6, 6.07) is 7.20. The van der Waals surface area contributed by atoms with Gasteiger partial charge in [-0.1, -0.05) is 0 Å². The molecule has 0 spiro atoms. The van der Waals surface area contributed by atoms with Gasteiger partial charge in [0.05, 0.1) is 38.4 Å². The predicted molar refractivity (Wildman–Crippen MR) is 164 cm³/mol. The molecule has 3 aromatic rings. The van der Waals surface area contributed by atoms with Crippen molar-refractivity contribution in [2.24, 2.45) is 5.41 Å². The third-order valence-electron chi connectivity index (χ3n) is 9.41. The molecule has 2 saturated heterocycles. The number of methoxy groups -OCH3 is 1. The molecule has 0 saturated carbocycles. The molecule has 2 fully saturated rings. The first-order valence-electron chi connectivity index (χ1n) is 15.7. The van der Waals surface area contributed by atoms with Gasteiger partial charge in [0.2, 0.25) is 0 Å². The van der Waals surface area contributed by atoms with Crippen LogP contribution in [0.5, 0.6) is 5.75 Å². The van der Waals surface area contributed by atoms with Gasteiger partial charge in [-0.15, -0.1) is 0 Å². The number of carbonyl (C=O) groups is 1. The zero-order valence-electron chi connectivity index (χ0n) is 25.7. The number of hydrogen-bond donors (Lipinski definition) is 2. The van der Waals surface area contributed by atoms with E-state index < -0.39 is 34.9 Å². The molecule has 1 unspecified atom stereocenters. The lowest BCUT2D eigenvalue weighted by atomic mass is 9.71. The highest BCUT2D eigenvalue weighted by Crippen LogP contribution is 2.42. The van der Waals surface area contributed by atoms with E-state index in [0.29, 0.717) is 83.3 Å². The smallest absolute Gasteiger partial charge is 0.303 e. The third-order valence-corrected chi connectivity index (χ3v) is 9.41. The Morgan fingerprint density at radius 2 is 1.82 bits per heavy atom. The Bertz CT molecular complexity index is 1480. The zero-order chi connectivity index (χ0) is 32.0. The summed E-state index contributed by atoms with van der Waals surface area (Å²) >= 11 is 0. The molecule has 244 valence electrons. The number of aliphatic carboxylic acids is 1. The van der Waals surface area contributed by atoms with E-state index in [1.807, 2.05) is 24.4 Å². The molecule has 45 heavy (non-hydrogen) atoms. The highest BCUT2D eigenvalue weighted by molar-refractivity contribution is 5.85. The summed E-state index contributed by atoms with van der Waals surface area (Å²) in [5.41, 5.74) is 2.03. The lowest BCUT2D eigenvalue weighted by Gasteiger charge is -2.42. The maximum Gasteiger partial charge on any atom is 0.303 e. The SMILES string of the molecule is COc1ccc2ncc(CN3CCOCC3)c(C(O)CCC3(CC(=O)O)CCN(CCCc4cc(F)cc(F)c4F)CC3)c2c1. The van der Waals surface area contributed by atoms with Crippen LogP contribution >= 0.6 is 0 Å². The summed E-state index contributed by atoms with van der Waals surface area (Å²) < 4.78 is 52.2. The van der Waals surface area contributed by atoms with E-state index in [1.165, 1.54) is 0 Å². The average Bonchev–Trinajstić information content (AvgIpc) is 3.03. The molecule has 1 aromatic heterocycles. The number of piperidine rings is 1. The van der Waals surface area contributed by atoms with Crippen LogP contribution in [0.2, 0.25) is 0 Å². The minimum Gasteiger partial charge on any atom is -0.497 e. The van der Waals surface area contributed by atoms with E-state index >= 15 is 0 Å². The van der Waals surface area contributed by atoms with Gasteiger partial charge in [-0.25, -0.2) is 13.2 Å². The predicted octanol–water partition coefficient (Wildman–Crippen LogP) is 5.50. The highest BCUT2D eigenvalue weighted by atomic mass is 19.2. The Labute approximate surface area is 261 Å². The van der Waals surface area contributed by atoms with Crippen LogP contribution in [0.1, 0.15) is 61.3 Å². The molecule has 0 bridgehead atoms. The van der Waals surface area contributed by atoms with Gasteiger partial charge >= 0.3 is 5.97 Å². The maximum absolute atomic E-state index is 14.1. The van der Waals surface area contributed by atoms with E-state index in [-0.39, 0.29) is 18.4 Å². The number of nitrogens with zero attached hydrogens (tertiary/aromatic N) is 3. The topological polar surface area (TPSA) is 95.4 Å². The molecule has 11 heteroatoms. The molecule has 0 aliphatic carbocycles. The molecule has 0 radical (unpaired) electrons. The Balaban J connectivity index is 1.27. The fraction of sp³-hybridized carbons (Fsp3) is 0.529. The number of pyridine rings is 1. The molecule has 5 rings (SSSR count). The van der Waals surface area contributed by atoms with Crippen molar-refractivity contribution in [1.82, 2.24) is 14.8 Å². The molecule has 2 aromatic carbocycles. The normalized spacial score (nSPS) is 18.2. The fourth-order valence-corrected chi connectivity index (χ4v) is 6.84. The summed E-state index contributed by atoms with van der Waals surface area (Å²) in [5, 5.41) is 22.4. The first-order chi connectivity index (χ1) is 21.7. The van der Waals surface area contributed by atoms with E-state index in [4.69, 9.17) is 9.47 Å². The van der Waals surface area contributed by atoms with Crippen LogP contribution in [0.3, 0.4) is 0 Å². The lowest BCUT2D eigenvalue weighted by molar-refractivity contribution is -0.141. The number of likely N-dealkylation sites (tertiary alicyclic amines) is 1. The Morgan fingerprint density at radius 3 is 2.53 bits per heavy atom. The maximum atomic E-state index is 14.1. The number of ether oxygens (including phenoxy) is 2. The second kappa shape index (κ2) is 14.9. The van der Waals surface area contributed by atoms with Crippen molar-refractivity contribution in [1.29, 1.82) is 0 Å². The van der Waals surface area contributed by atoms with Crippen molar-refractivity contribution in [2.45, 2.75) is 57.6 Å². The summed E-state index contributed by atoms with van der Waals surface area (Å²) in [4.78, 5) is 21.1. The number of carboxylic acid groups (broad SMARTS) is 1. The Hall–Kier alpha value is -3.25. The number of halogens is 3. The molecule has 3 heterocycles. The van der Waals surface area contributed by atoms with Crippen molar-refractivity contribution in [3.63, 3.8) is 0 Å². The largest absolute Gasteiger partial charge is 0.497 e. The van der Waals surface area contributed by atoms with Crippen molar-refractivity contribution in [3.05, 3.63) is 70.7 Å². The number of rotatable bonds is 13. The second-order valence-electron chi connectivity index (χ2n) is 12.4. The van der Waals surface area contributed by atoms with E-state index in [9.17, 15) is 28.2 Å². The number of aliphatic hydroxyl groups is 1. The van der Waals surface area contributed by atoms with Crippen LogP contribution in [-0.2, 0) is 22.5 Å². The second-order valence-corrected chi connectivity index (χ2v) is 12.4. The minimum absolute atomic E-state index is 0.00684. The fourth-order valence-electron chi connectivity index (χ4n) is 6.84. The molecular formula is C34H42F3N3O5. The molecule has 2 aliphatic rings. The van der Waals surface area contributed by atoms with Gasteiger partial charge in [0.1, 0.15) is 11.6 Å². The van der Waals surface area contributed by atoms with Crippen LogP contribution < -0.4 is 4.74 Å². The standard InChI is InChI=1S/C34H42F3N3O5/c1-44-26-4-5-29-27(19-26)32(24(21-38-29)22-40-13-15-45-16-14-40)30(41)6-7-34(20-31(42)43)8-11-39(12-9-34)10-2-3-23-17-25(35)18-28(36)33(23)37/h4-5,17-19,21,30,41H,2-3,6-16,20,22H2,1H3,(H,42,43). The summed E-state index contributed by atoms with van der Waals surface area (Å²) in [7, 11) is 1.60. The summed E-state index contributed by atoms with van der Waals surface area (Å²) in [6.45, 7) is 5.43. The van der Waals surface area contributed by atoms with E-state index in [1.54, 1.807) is 7.11 Å². The molecule has 2 aliphatic heterocycles. The third kappa shape index (κ3) is 8.32. The molecule has 2 N–H and O–H groups in total. The quantitative estimate of drug-likeness (QED) is 0.240. The van der Waals surface area contributed by atoms with Crippen molar-refractivity contribution >= 4 is 16.9 Å². The molecule has 0 amide bonds. The number of fused-ring (bicyclic) bond motifs is 1. The zero-order valence-corrected chi connectivity index (χ0v) is 25.7. The van der Waals surface area contributed by atoms with Gasteiger partial charge in [-0.05, 0) is 105 Å². The van der Waals surface area contributed by atoms with Crippen molar-refractivity contribution in [3.8, 4) is 5.75 Å². The van der Waals surface area contributed by atoms with Gasteiger partial charge in [-0.2, -0.15) is 0 Å². The summed E-state index contributed by atoms with van der Waals surface area (Å²) in [5.74, 6) is -3.19. The molecular weight excluding hydrogens is 587 g/mol. The number of hydrogen-bond acceptors (Lipinski definition) is 7. The number of carboxylic acids is 1. The first kappa shape index (κ1) is 33.1. The Kier molecular flexibility index (Phi) is 11.0. The number of aromatic nitrogens is 1. The van der Waals surface area contributed by atoms with E-state index in [0.717, 1.165) is 41.2 Å². The van der Waals surface area contributed by atoms with Gasteiger partial charge in [0.25, 0.3) is 0 Å². The lowest BCUT2D eigenvalue weighted by Crippen LogP contribution is -2.42. The molecule has 1 atom stereocenters. The average molecular weight is 630 g/mol. The minimum atomic E-state index is -1.18. The van der Waals surface area contributed by atoms with Crippen LogP contribution in [0, 0.1) is 22.9 Å². The van der Waals surface area contributed by atoms with Crippen LogP contribution in [0.4, 0.5) is 13.2 Å². The van der Waals surface area contributed by atoms with Crippen LogP contribution in [0.25, 0.3) is 10.9 Å². The number of aliphatic hydroxyl groups excluding tert-OH is 1. The number of aryl methyl sites for hydroxylation is 1.